The zero-order chi connectivity index (χ0) is 25.8. The topological polar surface area (TPSA) is 52.6 Å². The highest BCUT2D eigenvalue weighted by atomic mass is 35.5. The van der Waals surface area contributed by atoms with Crippen LogP contribution in [0, 0.1) is 0 Å². The van der Waals surface area contributed by atoms with Gasteiger partial charge in [-0.1, -0.05) is 84.4 Å². The Morgan fingerprint density at radius 3 is 2.06 bits per heavy atom. The average Bonchev–Trinajstić information content (AvgIpc) is 2.86. The van der Waals surface area contributed by atoms with Gasteiger partial charge in [0.05, 0.1) is 5.60 Å². The maximum atomic E-state index is 13.7. The van der Waals surface area contributed by atoms with Gasteiger partial charge in [-0.25, -0.2) is 0 Å². The third kappa shape index (κ3) is 4.84. The number of carbonyl (C=O) groups excluding carboxylic acids is 1. The molecule has 5 heteroatoms. The Hall–Kier alpha value is -2.66. The maximum absolute atomic E-state index is 13.7. The summed E-state index contributed by atoms with van der Waals surface area (Å²) in [5.41, 5.74) is 0.239. The molecule has 0 aromatic heterocycles. The number of hydrogen-bond acceptors (Lipinski definition) is 3. The molecule has 1 fully saturated rings. The fraction of sp³-hybridized carbons (Fsp3) is 0.321. The highest BCUT2D eigenvalue weighted by molar-refractivity contribution is 6.30. The van der Waals surface area contributed by atoms with Crippen LogP contribution >= 0.6 is 11.6 Å². The van der Waals surface area contributed by atoms with E-state index in [1.54, 1.807) is 12.1 Å². The number of nitrogens with one attached hydrogen (secondary N) is 1. The molecular weight excluding hydrogens is 433 g/mol. The first-order valence-electron chi connectivity index (χ1n) is 12.8. The van der Waals surface area contributed by atoms with Crippen LogP contribution in [0.2, 0.25) is 5.02 Å². The number of rotatable bonds is 7. The van der Waals surface area contributed by atoms with E-state index in [0.29, 0.717) is 43.9 Å². The van der Waals surface area contributed by atoms with Gasteiger partial charge in [-0.15, -0.1) is 0 Å². The van der Waals surface area contributed by atoms with Crippen LogP contribution in [0.25, 0.3) is 0 Å². The minimum Gasteiger partial charge on any atom is -0.385 e. The highest BCUT2D eigenvalue weighted by Gasteiger charge is 2.42. The molecule has 2 N–H and O–H groups in total. The van der Waals surface area contributed by atoms with Crippen molar-refractivity contribution in [1.82, 2.24) is 10.2 Å². The number of benzene rings is 3. The van der Waals surface area contributed by atoms with E-state index in [1.807, 2.05) is 72.8 Å². The summed E-state index contributed by atoms with van der Waals surface area (Å²) in [6.45, 7) is -0.736. The fourth-order valence-corrected chi connectivity index (χ4v) is 5.03. The predicted octanol–water partition coefficient (Wildman–Crippen LogP) is 4.75. The molecule has 0 radical (unpaired) electrons. The van der Waals surface area contributed by atoms with E-state index in [2.05, 4.69) is 10.2 Å². The van der Waals surface area contributed by atoms with Crippen LogP contribution in [0.3, 0.4) is 0 Å². The summed E-state index contributed by atoms with van der Waals surface area (Å²) in [5.74, 6) is -0.547. The quantitative estimate of drug-likeness (QED) is 0.494. The van der Waals surface area contributed by atoms with Gasteiger partial charge in [0.1, 0.15) is 5.41 Å². The van der Waals surface area contributed by atoms with Crippen molar-refractivity contribution in [2.24, 2.45) is 0 Å². The molecule has 172 valence electrons. The van der Waals surface area contributed by atoms with Gasteiger partial charge in [-0.2, -0.15) is 0 Å². The fourth-order valence-electron chi connectivity index (χ4n) is 4.90. The van der Waals surface area contributed by atoms with E-state index in [4.69, 9.17) is 15.7 Å². The third-order valence-electron chi connectivity index (χ3n) is 6.90. The zero-order valence-corrected chi connectivity index (χ0v) is 19.3. The van der Waals surface area contributed by atoms with Gasteiger partial charge < -0.3 is 15.3 Å². The molecular formula is C28H31ClN2O2. The van der Waals surface area contributed by atoms with E-state index in [1.165, 1.54) is 0 Å². The van der Waals surface area contributed by atoms with Crippen molar-refractivity contribution in [3.05, 3.63) is 107 Å². The van der Waals surface area contributed by atoms with Gasteiger partial charge in [0.25, 0.3) is 0 Å². The molecule has 0 aliphatic carbocycles. The van der Waals surface area contributed by atoms with Gasteiger partial charge in [-0.05, 0) is 54.6 Å². The van der Waals surface area contributed by atoms with E-state index < -0.39 is 23.9 Å². The molecule has 4 nitrogen and oxygen atoms in total. The summed E-state index contributed by atoms with van der Waals surface area (Å²) >= 11 is 6.01. The van der Waals surface area contributed by atoms with Crippen molar-refractivity contribution in [2.75, 3.05) is 26.6 Å². The molecule has 0 unspecified atom stereocenters. The minimum atomic E-state index is -2.61. The molecule has 1 heterocycles. The number of piperidine rings is 1. The molecule has 0 spiro atoms. The van der Waals surface area contributed by atoms with Crippen molar-refractivity contribution in [2.45, 2.75) is 30.3 Å². The van der Waals surface area contributed by atoms with E-state index in [9.17, 15) is 9.90 Å². The van der Waals surface area contributed by atoms with Crippen LogP contribution in [0.4, 0.5) is 0 Å². The standard InChI is InChI=1S/C28H31ClN2O2/c1-30-26(32)28(23-8-4-2-5-9-23,24-10-6-3-7-11-24)18-21-31-19-16-27(33,17-20-31)22-12-14-25(29)15-13-22/h2-15,33H,16-21H2,1H3,(H,30,32)/i1+1D3. The molecule has 1 aliphatic rings. The first-order chi connectivity index (χ1) is 17.1. The van der Waals surface area contributed by atoms with Crippen LogP contribution in [0.1, 0.15) is 40.1 Å². The van der Waals surface area contributed by atoms with Crippen molar-refractivity contribution < 1.29 is 14.0 Å². The van der Waals surface area contributed by atoms with E-state index in [0.717, 1.165) is 16.7 Å². The summed E-state index contributed by atoms with van der Waals surface area (Å²) < 4.78 is 23.1. The lowest BCUT2D eigenvalue weighted by Gasteiger charge is -2.40. The normalized spacial score (nSPS) is 18.1. The van der Waals surface area contributed by atoms with Crippen LogP contribution in [0.15, 0.2) is 84.9 Å². The van der Waals surface area contributed by atoms with Crippen molar-refractivity contribution in [3.8, 4) is 0 Å². The number of aliphatic hydroxyl groups is 1. The van der Waals surface area contributed by atoms with Crippen molar-refractivity contribution >= 4 is 17.5 Å². The highest BCUT2D eigenvalue weighted by Crippen LogP contribution is 2.38. The molecule has 0 atom stereocenters. The largest absolute Gasteiger partial charge is 0.385 e. The van der Waals surface area contributed by atoms with Gasteiger partial charge >= 0.3 is 0 Å². The Morgan fingerprint density at radius 1 is 1.00 bits per heavy atom. The van der Waals surface area contributed by atoms with Gasteiger partial charge in [-0.3, -0.25) is 4.79 Å². The number of halogens is 1. The summed E-state index contributed by atoms with van der Waals surface area (Å²) in [4.78, 5) is 16.0. The molecule has 3 aromatic rings. The summed E-state index contributed by atoms with van der Waals surface area (Å²) in [5, 5.41) is 14.2. The Morgan fingerprint density at radius 2 is 1.55 bits per heavy atom. The minimum absolute atomic E-state index is 0.391. The molecule has 1 saturated heterocycles. The van der Waals surface area contributed by atoms with Gasteiger partial charge in [0, 0.05) is 29.2 Å². The van der Waals surface area contributed by atoms with Crippen molar-refractivity contribution in [1.29, 1.82) is 0 Å². The Balaban J connectivity index is 1.59. The van der Waals surface area contributed by atoms with Crippen LogP contribution in [0.5, 0.6) is 0 Å². The first kappa shape index (κ1) is 19.8. The Bertz CT molecular complexity index is 1110. The number of carbonyl (C=O) groups is 1. The average molecular weight is 467 g/mol. The predicted molar refractivity (Wildman–Crippen MR) is 133 cm³/mol. The van der Waals surface area contributed by atoms with Crippen LogP contribution in [-0.4, -0.2) is 42.5 Å². The maximum Gasteiger partial charge on any atom is 0.234 e. The third-order valence-corrected chi connectivity index (χ3v) is 7.15. The van der Waals surface area contributed by atoms with Crippen molar-refractivity contribution in [3.63, 3.8) is 0 Å². The van der Waals surface area contributed by atoms with Gasteiger partial charge in [0.15, 0.2) is 0 Å². The Kier molecular flexibility index (Phi) is 6.04. The number of likely N-dealkylation sites (N-methyl/N-ethyl adjacent to an activating group) is 1. The van der Waals surface area contributed by atoms with E-state index in [-0.39, 0.29) is 0 Å². The summed E-state index contributed by atoms with van der Waals surface area (Å²) in [7, 11) is 0. The van der Waals surface area contributed by atoms with E-state index >= 15 is 0 Å². The lowest BCUT2D eigenvalue weighted by Crippen LogP contribution is -2.48. The lowest BCUT2D eigenvalue weighted by molar-refractivity contribution is -0.125. The molecule has 4 rings (SSSR count). The molecule has 1 aliphatic heterocycles. The summed E-state index contributed by atoms with van der Waals surface area (Å²) in [6, 6.07) is 26.0. The monoisotopic (exact) mass is 466 g/mol. The second kappa shape index (κ2) is 10.1. The number of amides is 1. The number of nitrogens with zero attached hydrogens (tertiary/aromatic N) is 1. The second-order valence-corrected chi connectivity index (χ2v) is 9.16. The zero-order valence-electron chi connectivity index (χ0n) is 21.5. The first-order valence-corrected chi connectivity index (χ1v) is 11.6. The smallest absolute Gasteiger partial charge is 0.234 e. The molecule has 33 heavy (non-hydrogen) atoms. The van der Waals surface area contributed by atoms with Crippen LogP contribution in [-0.2, 0) is 15.8 Å². The lowest BCUT2D eigenvalue weighted by atomic mass is 9.71. The van der Waals surface area contributed by atoms with Crippen LogP contribution < -0.4 is 5.32 Å². The molecule has 3 aromatic carbocycles. The number of hydrogen-bond donors (Lipinski definition) is 2. The SMILES string of the molecule is [2H][13C]([2H])([2H])NC(=O)C(CCN1CCC(O)(c2ccc(Cl)cc2)CC1)(c1ccccc1)c1ccccc1. The second-order valence-electron chi connectivity index (χ2n) is 8.72. The molecule has 1 amide bonds. The Labute approximate surface area is 205 Å². The molecule has 0 bridgehead atoms. The number of likely N-dealkylation sites (tertiary alicyclic amines) is 1. The summed E-state index contributed by atoms with van der Waals surface area (Å²) in [6.07, 6.45) is 1.50. The van der Waals surface area contributed by atoms with Gasteiger partial charge in [0.2, 0.25) is 5.91 Å². The molecule has 0 saturated carbocycles.